The van der Waals surface area contributed by atoms with Gasteiger partial charge in [0.2, 0.25) is 0 Å². The number of fused-ring (bicyclic) bond motifs is 3. The second-order valence-corrected chi connectivity index (χ2v) is 13.4. The highest BCUT2D eigenvalue weighted by molar-refractivity contribution is 7.55. The molecule has 0 saturated heterocycles. The van der Waals surface area contributed by atoms with Crippen molar-refractivity contribution in [3.8, 4) is 5.75 Å². The average Bonchev–Trinajstić information content (AvgIpc) is 3.03. The Morgan fingerprint density at radius 2 is 0.905 bits per heavy atom. The maximum Gasteiger partial charge on any atom is 0.134 e. The van der Waals surface area contributed by atoms with Gasteiger partial charge in [0.15, 0.2) is 0 Å². The number of hydrogen-bond acceptors (Lipinski definition) is 1. The topological polar surface area (TPSA) is 9.23 Å². The fraction of sp³-hybridized carbons (Fsp3) is 0.0769. The van der Waals surface area contributed by atoms with E-state index in [1.54, 1.807) is 0 Å². The molecule has 5 aromatic carbocycles. The summed E-state index contributed by atoms with van der Waals surface area (Å²) in [5.41, 5.74) is 3.77. The van der Waals surface area contributed by atoms with Crippen LogP contribution in [0.5, 0.6) is 5.75 Å². The molecule has 0 saturated carbocycles. The molecule has 5 aromatic rings. The first-order chi connectivity index (χ1) is 20.6. The number of benzene rings is 5. The molecule has 0 aromatic heterocycles. The van der Waals surface area contributed by atoms with Crippen LogP contribution in [0.2, 0.25) is 0 Å². The third kappa shape index (κ3) is 8.74. The Kier molecular flexibility index (Phi) is 10.3. The number of ether oxygens (including phenoxy) is 1. The van der Waals surface area contributed by atoms with Gasteiger partial charge in [-0.15, -0.1) is 0 Å². The van der Waals surface area contributed by atoms with Crippen LogP contribution in [0.4, 0.5) is 0 Å². The number of hydrogen-bond donors (Lipinski definition) is 0. The molecule has 0 spiro atoms. The van der Waals surface area contributed by atoms with Gasteiger partial charge in [-0.25, -0.2) is 0 Å². The molecule has 7 rings (SSSR count). The maximum atomic E-state index is 5.61. The van der Waals surface area contributed by atoms with E-state index in [-0.39, 0.29) is 5.41 Å². The van der Waals surface area contributed by atoms with Crippen molar-refractivity contribution in [2.75, 3.05) is 0 Å². The van der Waals surface area contributed by atoms with Crippen LogP contribution in [0.15, 0.2) is 176 Å². The van der Waals surface area contributed by atoms with Gasteiger partial charge in [-0.1, -0.05) is 189 Å². The summed E-state index contributed by atoms with van der Waals surface area (Å²) in [7, 11) is 1.55. The van der Waals surface area contributed by atoms with Crippen LogP contribution in [0.25, 0.3) is 5.57 Å². The molecule has 0 amide bonds. The zero-order chi connectivity index (χ0) is 29.0. The molecule has 3 heteroatoms. The molecular formula is C39H36OP2. The van der Waals surface area contributed by atoms with E-state index in [1.165, 1.54) is 32.4 Å². The largest absolute Gasteiger partial charge is 0.464 e. The SMILES string of the molecule is CC1(C)C=CC2=COc3ccccc3C2=C1.c1ccc(Pc2ccccc2)cc1.c1ccc(Pc2ccccc2)cc1. The highest BCUT2D eigenvalue weighted by Crippen LogP contribution is 2.41. The van der Waals surface area contributed by atoms with Crippen molar-refractivity contribution in [3.63, 3.8) is 0 Å². The molecule has 0 fully saturated rings. The Balaban J connectivity index is 0.000000127. The molecule has 0 bridgehead atoms. The van der Waals surface area contributed by atoms with E-state index in [9.17, 15) is 0 Å². The summed E-state index contributed by atoms with van der Waals surface area (Å²) >= 11 is 0. The van der Waals surface area contributed by atoms with Crippen molar-refractivity contribution >= 4 is 44.0 Å². The average molecular weight is 583 g/mol. The van der Waals surface area contributed by atoms with Crippen LogP contribution in [0, 0.1) is 5.41 Å². The molecule has 1 nitrogen and oxygen atoms in total. The Morgan fingerprint density at radius 3 is 1.36 bits per heavy atom. The highest BCUT2D eigenvalue weighted by Gasteiger charge is 2.24. The van der Waals surface area contributed by atoms with Crippen LogP contribution in [-0.2, 0) is 0 Å². The summed E-state index contributed by atoms with van der Waals surface area (Å²) in [6.45, 7) is 4.43. The van der Waals surface area contributed by atoms with E-state index >= 15 is 0 Å². The minimum absolute atomic E-state index is 0.122. The van der Waals surface area contributed by atoms with Crippen molar-refractivity contribution < 1.29 is 4.74 Å². The number of rotatable bonds is 4. The lowest BCUT2D eigenvalue weighted by atomic mass is 9.80. The summed E-state index contributed by atoms with van der Waals surface area (Å²) in [6, 6.07) is 50.5. The van der Waals surface area contributed by atoms with Gasteiger partial charge in [-0.2, -0.15) is 0 Å². The summed E-state index contributed by atoms with van der Waals surface area (Å²) < 4.78 is 5.61. The van der Waals surface area contributed by atoms with Crippen molar-refractivity contribution in [2.24, 2.45) is 5.41 Å². The van der Waals surface area contributed by atoms with Crippen LogP contribution in [-0.4, -0.2) is 0 Å². The van der Waals surface area contributed by atoms with Crippen LogP contribution in [0.3, 0.4) is 0 Å². The zero-order valence-corrected chi connectivity index (χ0v) is 26.1. The lowest BCUT2D eigenvalue weighted by Crippen LogP contribution is -2.12. The third-order valence-electron chi connectivity index (χ3n) is 6.68. The molecule has 0 radical (unpaired) electrons. The summed E-state index contributed by atoms with van der Waals surface area (Å²) in [5, 5.41) is 5.59. The van der Waals surface area contributed by atoms with Gasteiger partial charge in [0.25, 0.3) is 0 Å². The molecule has 1 aliphatic heterocycles. The normalized spacial score (nSPS) is 13.8. The monoisotopic (exact) mass is 582 g/mol. The first-order valence-electron chi connectivity index (χ1n) is 14.2. The third-order valence-corrected chi connectivity index (χ3v) is 9.17. The van der Waals surface area contributed by atoms with Gasteiger partial charge in [-0.05, 0) is 32.9 Å². The van der Waals surface area contributed by atoms with E-state index in [1.807, 2.05) is 18.4 Å². The van der Waals surface area contributed by atoms with E-state index in [4.69, 9.17) is 4.74 Å². The molecule has 1 heterocycles. The van der Waals surface area contributed by atoms with Crippen molar-refractivity contribution in [2.45, 2.75) is 13.8 Å². The fourth-order valence-corrected chi connectivity index (χ4v) is 6.68. The van der Waals surface area contributed by atoms with Crippen LogP contribution in [0.1, 0.15) is 19.4 Å². The van der Waals surface area contributed by atoms with Gasteiger partial charge >= 0.3 is 0 Å². The Morgan fingerprint density at radius 1 is 0.500 bits per heavy atom. The van der Waals surface area contributed by atoms with E-state index in [0.717, 1.165) is 28.5 Å². The first kappa shape index (κ1) is 29.5. The molecule has 0 atom stereocenters. The van der Waals surface area contributed by atoms with Gasteiger partial charge in [0.05, 0.1) is 6.26 Å². The summed E-state index contributed by atoms with van der Waals surface area (Å²) in [6.07, 6.45) is 8.49. The van der Waals surface area contributed by atoms with E-state index in [0.29, 0.717) is 0 Å². The molecule has 2 aliphatic rings. The van der Waals surface area contributed by atoms with Gasteiger partial charge in [-0.3, -0.25) is 0 Å². The second-order valence-electron chi connectivity index (χ2n) is 10.6. The second kappa shape index (κ2) is 14.7. The number of para-hydroxylation sites is 1. The summed E-state index contributed by atoms with van der Waals surface area (Å²) in [4.78, 5) is 0. The predicted octanol–water partition coefficient (Wildman–Crippen LogP) is 8.57. The number of allylic oxidation sites excluding steroid dienone is 5. The summed E-state index contributed by atoms with van der Waals surface area (Å²) in [5.74, 6) is 0.948. The Hall–Kier alpha value is -4.02. The molecule has 208 valence electrons. The highest BCUT2D eigenvalue weighted by atomic mass is 31.1. The van der Waals surface area contributed by atoms with Crippen LogP contribution >= 0.6 is 17.2 Å². The van der Waals surface area contributed by atoms with Crippen molar-refractivity contribution in [3.05, 3.63) is 181 Å². The zero-order valence-electron chi connectivity index (χ0n) is 24.1. The lowest BCUT2D eigenvalue weighted by Gasteiger charge is -2.27. The predicted molar refractivity (Wildman–Crippen MR) is 187 cm³/mol. The van der Waals surface area contributed by atoms with Gasteiger partial charge in [0, 0.05) is 16.6 Å². The smallest absolute Gasteiger partial charge is 0.134 e. The lowest BCUT2D eigenvalue weighted by molar-refractivity contribution is 0.471. The molecule has 1 aliphatic carbocycles. The Labute approximate surface area is 254 Å². The Bertz CT molecular complexity index is 1490. The van der Waals surface area contributed by atoms with E-state index < -0.39 is 0 Å². The molecule has 0 N–H and O–H groups in total. The van der Waals surface area contributed by atoms with E-state index in [2.05, 4.69) is 166 Å². The molecular weight excluding hydrogens is 546 g/mol. The van der Waals surface area contributed by atoms with Gasteiger partial charge in [0.1, 0.15) is 5.75 Å². The fourth-order valence-electron chi connectivity index (χ4n) is 4.57. The molecule has 0 unspecified atom stereocenters. The van der Waals surface area contributed by atoms with Gasteiger partial charge < -0.3 is 4.74 Å². The van der Waals surface area contributed by atoms with Crippen molar-refractivity contribution in [1.82, 2.24) is 0 Å². The van der Waals surface area contributed by atoms with Crippen molar-refractivity contribution in [1.29, 1.82) is 0 Å². The standard InChI is InChI=1S/C15H14O.2C12H11P/c1-15(2)8-7-11-10-16-14-6-4-3-5-12(14)13(11)9-15;2*1-3-7-11(8-4-1)13-12-9-5-2-6-10-12/h3-10H,1-2H3;2*1-10,13H. The quantitative estimate of drug-likeness (QED) is 0.193. The molecule has 42 heavy (non-hydrogen) atoms. The first-order valence-corrected chi connectivity index (χ1v) is 16.2. The van der Waals surface area contributed by atoms with Crippen LogP contribution < -0.4 is 26.0 Å². The maximum absolute atomic E-state index is 5.61. The minimum Gasteiger partial charge on any atom is -0.464 e. The minimum atomic E-state index is 0.122.